The van der Waals surface area contributed by atoms with E-state index in [1.807, 2.05) is 19.9 Å². The molecule has 0 saturated carbocycles. The normalized spacial score (nSPS) is 17.9. The van der Waals surface area contributed by atoms with Crippen LogP contribution >= 0.6 is 23.2 Å². The summed E-state index contributed by atoms with van der Waals surface area (Å²) in [5.74, 6) is 1.20. The van der Waals surface area contributed by atoms with Crippen LogP contribution in [0.25, 0.3) is 0 Å². The van der Waals surface area contributed by atoms with Gasteiger partial charge in [-0.25, -0.2) is 0 Å². The maximum Gasteiger partial charge on any atom is 0.141 e. The zero-order valence-corrected chi connectivity index (χ0v) is 10.1. The zero-order chi connectivity index (χ0) is 10.7. The lowest BCUT2D eigenvalue weighted by molar-refractivity contribution is 0.337. The Morgan fingerprint density at radius 1 is 1.29 bits per heavy atom. The van der Waals surface area contributed by atoms with Crippen molar-refractivity contribution in [1.82, 2.24) is 0 Å². The molecule has 3 heteroatoms. The first kappa shape index (κ1) is 11.7. The van der Waals surface area contributed by atoms with Gasteiger partial charge in [0.05, 0.1) is 11.6 Å². The van der Waals surface area contributed by atoms with E-state index in [9.17, 15) is 0 Å². The van der Waals surface area contributed by atoms with Crippen molar-refractivity contribution >= 4 is 23.2 Å². The highest BCUT2D eigenvalue weighted by Crippen LogP contribution is 2.41. The third kappa shape index (κ3) is 2.15. The van der Waals surface area contributed by atoms with E-state index < -0.39 is 0 Å². The lowest BCUT2D eigenvalue weighted by Gasteiger charge is -2.02. The molecular formula is C11H14Cl2O. The van der Waals surface area contributed by atoms with Gasteiger partial charge < -0.3 is 4.74 Å². The Morgan fingerprint density at radius 3 is 2.57 bits per heavy atom. The Labute approximate surface area is 95.0 Å². The van der Waals surface area contributed by atoms with E-state index in [1.54, 1.807) is 6.07 Å². The maximum atomic E-state index is 5.93. The molecule has 78 valence electrons. The predicted octanol–water partition coefficient (Wildman–Crippen LogP) is 4.52. The molecule has 1 aromatic carbocycles. The number of hydrogen-bond donors (Lipinski definition) is 0. The minimum atomic E-state index is 0.399. The molecule has 0 saturated heterocycles. The fraction of sp³-hybridized carbons (Fsp3) is 0.455. The van der Waals surface area contributed by atoms with Gasteiger partial charge in [-0.15, -0.1) is 0 Å². The van der Waals surface area contributed by atoms with E-state index in [0.717, 1.165) is 11.3 Å². The molecule has 0 spiro atoms. The van der Waals surface area contributed by atoms with E-state index in [2.05, 4.69) is 6.92 Å². The number of benzene rings is 1. The maximum absolute atomic E-state index is 5.93. The second kappa shape index (κ2) is 4.90. The van der Waals surface area contributed by atoms with Gasteiger partial charge in [-0.2, -0.15) is 0 Å². The van der Waals surface area contributed by atoms with Gasteiger partial charge in [0.1, 0.15) is 5.75 Å². The van der Waals surface area contributed by atoms with Crippen molar-refractivity contribution in [3.8, 4) is 5.75 Å². The summed E-state index contributed by atoms with van der Waals surface area (Å²) in [6, 6.07) is 3.63. The molecule has 0 bridgehead atoms. The predicted molar refractivity (Wildman–Crippen MR) is 61.7 cm³/mol. The summed E-state index contributed by atoms with van der Waals surface area (Å²) in [5.41, 5.74) is 1.12. The first-order valence-corrected chi connectivity index (χ1v) is 5.56. The molecule has 1 unspecified atom stereocenters. The molecular weight excluding hydrogens is 219 g/mol. The highest BCUT2D eigenvalue weighted by Gasteiger charge is 2.22. The Bertz CT molecular complexity index is 323. The van der Waals surface area contributed by atoms with E-state index in [-0.39, 0.29) is 0 Å². The van der Waals surface area contributed by atoms with Crippen LogP contribution in [0.15, 0.2) is 12.1 Å². The molecule has 1 nitrogen and oxygen atoms in total. The van der Waals surface area contributed by atoms with Crippen molar-refractivity contribution in [3.63, 3.8) is 0 Å². The lowest BCUT2D eigenvalue weighted by Crippen LogP contribution is -1.93. The molecule has 0 radical (unpaired) electrons. The van der Waals surface area contributed by atoms with Gasteiger partial charge in [-0.1, -0.05) is 44.0 Å². The minimum Gasteiger partial charge on any atom is -0.491 e. The Kier molecular flexibility index (Phi) is 4.09. The third-order valence-corrected chi connectivity index (χ3v) is 2.54. The standard InChI is InChI=1S/C9H8Cl2O.C2H6/c1-5-4-12-9-7(5)2-6(10)3-8(9)11;1-2/h2-3,5H,4H2,1H3;1-2H3. The number of rotatable bonds is 0. The first-order chi connectivity index (χ1) is 6.68. The van der Waals surface area contributed by atoms with Gasteiger partial charge in [0.15, 0.2) is 0 Å². The highest BCUT2D eigenvalue weighted by atomic mass is 35.5. The number of halogens is 2. The van der Waals surface area contributed by atoms with Crippen LogP contribution in [0.2, 0.25) is 10.0 Å². The van der Waals surface area contributed by atoms with E-state index in [1.165, 1.54) is 0 Å². The SMILES string of the molecule is CC.CC1COc2c(Cl)cc(Cl)cc21. The molecule has 0 aliphatic carbocycles. The second-order valence-electron chi connectivity index (χ2n) is 3.02. The van der Waals surface area contributed by atoms with Gasteiger partial charge in [-0.05, 0) is 12.1 Å². The smallest absolute Gasteiger partial charge is 0.141 e. The average Bonchev–Trinajstić information content (AvgIpc) is 2.52. The molecule has 1 atom stereocenters. The summed E-state index contributed by atoms with van der Waals surface area (Å²) in [5, 5.41) is 1.29. The van der Waals surface area contributed by atoms with Crippen molar-refractivity contribution in [2.24, 2.45) is 0 Å². The summed E-state index contributed by atoms with van der Waals surface area (Å²) in [6.07, 6.45) is 0. The largest absolute Gasteiger partial charge is 0.491 e. The van der Waals surface area contributed by atoms with Crippen LogP contribution in [-0.2, 0) is 0 Å². The summed E-state index contributed by atoms with van der Waals surface area (Å²) >= 11 is 11.8. The van der Waals surface area contributed by atoms with Crippen LogP contribution in [0, 0.1) is 0 Å². The van der Waals surface area contributed by atoms with Crippen molar-refractivity contribution in [2.45, 2.75) is 26.7 Å². The van der Waals surface area contributed by atoms with Gasteiger partial charge >= 0.3 is 0 Å². The van der Waals surface area contributed by atoms with Crippen LogP contribution in [0.3, 0.4) is 0 Å². The van der Waals surface area contributed by atoms with E-state index >= 15 is 0 Å². The van der Waals surface area contributed by atoms with Crippen molar-refractivity contribution in [2.75, 3.05) is 6.61 Å². The van der Waals surface area contributed by atoms with Crippen molar-refractivity contribution in [3.05, 3.63) is 27.7 Å². The molecule has 1 aliphatic rings. The summed E-state index contributed by atoms with van der Waals surface area (Å²) in [4.78, 5) is 0. The Hall–Kier alpha value is -0.400. The highest BCUT2D eigenvalue weighted by molar-refractivity contribution is 6.35. The Balaban J connectivity index is 0.000000461. The summed E-state index contributed by atoms with van der Waals surface area (Å²) in [6.45, 7) is 6.80. The summed E-state index contributed by atoms with van der Waals surface area (Å²) < 4.78 is 5.41. The third-order valence-electron chi connectivity index (χ3n) is 2.05. The van der Waals surface area contributed by atoms with Crippen molar-refractivity contribution < 1.29 is 4.74 Å². The fourth-order valence-electron chi connectivity index (χ4n) is 1.40. The van der Waals surface area contributed by atoms with Crippen LogP contribution in [0.1, 0.15) is 32.3 Å². The molecule has 1 aliphatic heterocycles. The monoisotopic (exact) mass is 232 g/mol. The molecule has 14 heavy (non-hydrogen) atoms. The topological polar surface area (TPSA) is 9.23 Å². The number of hydrogen-bond acceptors (Lipinski definition) is 1. The van der Waals surface area contributed by atoms with Gasteiger partial charge in [-0.3, -0.25) is 0 Å². The fourth-order valence-corrected chi connectivity index (χ4v) is 1.96. The molecule has 2 rings (SSSR count). The Morgan fingerprint density at radius 2 is 1.93 bits per heavy atom. The molecule has 1 heterocycles. The summed E-state index contributed by atoms with van der Waals surface area (Å²) in [7, 11) is 0. The number of ether oxygens (including phenoxy) is 1. The lowest BCUT2D eigenvalue weighted by atomic mass is 10.0. The molecule has 1 aromatic rings. The second-order valence-corrected chi connectivity index (χ2v) is 3.86. The molecule has 0 fully saturated rings. The van der Waals surface area contributed by atoms with Crippen LogP contribution in [0.4, 0.5) is 0 Å². The van der Waals surface area contributed by atoms with Gasteiger partial charge in [0, 0.05) is 16.5 Å². The van der Waals surface area contributed by atoms with Crippen LogP contribution in [-0.4, -0.2) is 6.61 Å². The van der Waals surface area contributed by atoms with E-state index in [4.69, 9.17) is 27.9 Å². The molecule has 0 aromatic heterocycles. The molecule has 0 N–H and O–H groups in total. The number of fused-ring (bicyclic) bond motifs is 1. The van der Waals surface area contributed by atoms with Crippen molar-refractivity contribution in [1.29, 1.82) is 0 Å². The first-order valence-electron chi connectivity index (χ1n) is 4.80. The molecule has 0 amide bonds. The average molecular weight is 233 g/mol. The zero-order valence-electron chi connectivity index (χ0n) is 8.60. The van der Waals surface area contributed by atoms with E-state index in [0.29, 0.717) is 22.6 Å². The minimum absolute atomic E-state index is 0.399. The van der Waals surface area contributed by atoms with Crippen LogP contribution in [0.5, 0.6) is 5.75 Å². The van der Waals surface area contributed by atoms with Gasteiger partial charge in [0.2, 0.25) is 0 Å². The quantitative estimate of drug-likeness (QED) is 0.640. The van der Waals surface area contributed by atoms with Gasteiger partial charge in [0.25, 0.3) is 0 Å². The van der Waals surface area contributed by atoms with Crippen LogP contribution < -0.4 is 4.74 Å².